The number of carbonyl (C=O) groups is 4. The standard InChI is InChI=1S/C58H64N6O13/c1-29-25-39(62-20-22-63(23-21-62)57(72)37-15-12-16-38(27-37)64-19-18-59-28-64)45-41(26-29)76-54-46(60-45)42-43-50(68)35(7)53-44(42)55(70)58(9,77-53)74-24-17-40(73-10)32(4)52(75-36(8)65)34(6)49(67)33(5)48(66)30(2)13-11-14-31(3)56(71)61-47(54)51(43)69/h11-19,24-28,30,32-34,40,48-49,52,66-67,69H,20-23H2,1-10H3,(H,61,71)/b13-11+,24-17+,31-14-/t30-,32+,33+,34+,40-,48-,49+,52+,58-/m0/s1. The summed E-state index contributed by atoms with van der Waals surface area (Å²) in [6.07, 6.45) is 8.66. The maximum absolute atomic E-state index is 15.1. The number of aromatic nitrogens is 3. The maximum Gasteiger partial charge on any atom is 0.312 e. The molecule has 0 unspecified atom stereocenters. The molecular weight excluding hydrogens is 989 g/mol. The van der Waals surface area contributed by atoms with E-state index in [2.05, 4.69) is 15.2 Å². The van der Waals surface area contributed by atoms with Crippen molar-refractivity contribution < 1.29 is 57.9 Å². The summed E-state index contributed by atoms with van der Waals surface area (Å²) >= 11 is 0. The average Bonchev–Trinajstić information content (AvgIpc) is 4.29. The molecule has 404 valence electrons. The molecule has 19 heteroatoms. The van der Waals surface area contributed by atoms with E-state index in [1.54, 1.807) is 75.6 Å². The molecule has 2 aromatic heterocycles. The summed E-state index contributed by atoms with van der Waals surface area (Å²) in [5.41, 5.74) is 2.17. The summed E-state index contributed by atoms with van der Waals surface area (Å²) in [6.45, 7) is 16.0. The number of hydrogen-bond acceptors (Lipinski definition) is 16. The second kappa shape index (κ2) is 21.3. The Balaban J connectivity index is 1.18. The van der Waals surface area contributed by atoms with Crippen molar-refractivity contribution in [2.45, 2.75) is 92.5 Å². The Morgan fingerprint density at radius 1 is 0.909 bits per heavy atom. The summed E-state index contributed by atoms with van der Waals surface area (Å²) in [4.78, 5) is 83.7. The lowest BCUT2D eigenvalue weighted by Gasteiger charge is -2.38. The van der Waals surface area contributed by atoms with Gasteiger partial charge in [-0.15, -0.1) is 0 Å². The van der Waals surface area contributed by atoms with Crippen LogP contribution in [0.3, 0.4) is 0 Å². The molecule has 6 aromatic rings. The zero-order valence-electron chi connectivity index (χ0n) is 44.7. The van der Waals surface area contributed by atoms with Crippen molar-refractivity contribution in [1.82, 2.24) is 19.4 Å². The Morgan fingerprint density at radius 2 is 1.65 bits per heavy atom. The van der Waals surface area contributed by atoms with E-state index in [0.717, 1.165) is 11.3 Å². The van der Waals surface area contributed by atoms with Crippen LogP contribution < -0.4 is 20.4 Å². The number of Topliss-reactive ketones (excluding diaryl/α,β-unsaturated/α-hetero) is 1. The highest BCUT2D eigenvalue weighted by Gasteiger charge is 2.50. The Bertz CT molecular complexity index is 3490. The molecule has 9 rings (SSSR count). The van der Waals surface area contributed by atoms with Crippen LogP contribution >= 0.6 is 0 Å². The number of aromatic hydroxyl groups is 1. The van der Waals surface area contributed by atoms with E-state index in [-0.39, 0.29) is 61.5 Å². The van der Waals surface area contributed by atoms with Crippen LogP contribution in [0.1, 0.15) is 80.3 Å². The van der Waals surface area contributed by atoms with E-state index in [9.17, 15) is 34.5 Å². The first kappa shape index (κ1) is 53.9. The van der Waals surface area contributed by atoms with Gasteiger partial charge >= 0.3 is 11.8 Å². The minimum Gasteiger partial charge on any atom is -0.505 e. The predicted octanol–water partition coefficient (Wildman–Crippen LogP) is 7.45. The van der Waals surface area contributed by atoms with Gasteiger partial charge in [0.25, 0.3) is 17.6 Å². The third-order valence-electron chi connectivity index (χ3n) is 15.4. The van der Waals surface area contributed by atoms with E-state index in [1.165, 1.54) is 53.2 Å². The number of piperazine rings is 1. The number of ketones is 1. The van der Waals surface area contributed by atoms with Crippen molar-refractivity contribution in [2.75, 3.05) is 43.5 Å². The second-order valence-electron chi connectivity index (χ2n) is 20.7. The van der Waals surface area contributed by atoms with E-state index < -0.39 is 82.7 Å². The lowest BCUT2D eigenvalue weighted by atomic mass is 9.78. The van der Waals surface area contributed by atoms with Gasteiger partial charge in [-0.3, -0.25) is 24.0 Å². The Hall–Kier alpha value is -7.87. The van der Waals surface area contributed by atoms with Gasteiger partial charge in [-0.25, -0.2) is 9.97 Å². The molecule has 4 bridgehead atoms. The molecule has 5 heterocycles. The van der Waals surface area contributed by atoms with Gasteiger partial charge in [-0.1, -0.05) is 52.0 Å². The Morgan fingerprint density at radius 3 is 2.34 bits per heavy atom. The smallest absolute Gasteiger partial charge is 0.312 e. The fourth-order valence-electron chi connectivity index (χ4n) is 10.8. The molecule has 1 fully saturated rings. The number of anilines is 2. The number of esters is 1. The molecule has 3 aliphatic heterocycles. The number of allylic oxidation sites excluding steroid dienone is 2. The first-order chi connectivity index (χ1) is 36.6. The lowest BCUT2D eigenvalue weighted by molar-refractivity contribution is -0.160. The lowest BCUT2D eigenvalue weighted by Crippen LogP contribution is -2.48. The molecular formula is C58H64N6O13. The number of methoxy groups -OCH3 is 1. The third kappa shape index (κ3) is 9.94. The Labute approximate surface area is 444 Å². The average molecular weight is 1050 g/mol. The van der Waals surface area contributed by atoms with E-state index in [0.29, 0.717) is 42.9 Å². The van der Waals surface area contributed by atoms with Crippen molar-refractivity contribution in [1.29, 1.82) is 0 Å². The van der Waals surface area contributed by atoms with Crippen LogP contribution in [0.15, 0.2) is 100 Å². The Kier molecular flexibility index (Phi) is 14.9. The summed E-state index contributed by atoms with van der Waals surface area (Å²) in [5, 5.41) is 37.9. The van der Waals surface area contributed by atoms with Crippen molar-refractivity contribution >= 4 is 67.9 Å². The van der Waals surface area contributed by atoms with E-state index in [1.807, 2.05) is 35.8 Å². The number of nitrogens with zero attached hydrogens (tertiary/aromatic N) is 5. The molecule has 4 aromatic carbocycles. The molecule has 9 atom stereocenters. The monoisotopic (exact) mass is 1050 g/mol. The summed E-state index contributed by atoms with van der Waals surface area (Å²) in [5.74, 6) is -7.63. The molecule has 0 aliphatic carbocycles. The van der Waals surface area contributed by atoms with Crippen molar-refractivity contribution in [2.24, 2.45) is 23.7 Å². The first-order valence-corrected chi connectivity index (χ1v) is 25.7. The van der Waals surface area contributed by atoms with Crippen LogP contribution in [0.5, 0.6) is 11.5 Å². The predicted molar refractivity (Wildman–Crippen MR) is 288 cm³/mol. The number of benzene rings is 4. The summed E-state index contributed by atoms with van der Waals surface area (Å²) < 4.78 is 32.7. The molecule has 3 aliphatic rings. The molecule has 1 saturated heterocycles. The highest BCUT2D eigenvalue weighted by molar-refractivity contribution is 6.26. The number of phenols is 1. The highest BCUT2D eigenvalue weighted by Crippen LogP contribution is 2.49. The van der Waals surface area contributed by atoms with Gasteiger partial charge in [0.1, 0.15) is 28.6 Å². The highest BCUT2D eigenvalue weighted by atomic mass is 16.7. The van der Waals surface area contributed by atoms with Crippen LogP contribution in [0.4, 0.5) is 11.4 Å². The molecule has 77 heavy (non-hydrogen) atoms. The number of aliphatic hydroxyl groups excluding tert-OH is 2. The SMILES string of the molecule is CO[C@H]1/C=C/O[C@@]2(C)Oc3c(C)c(=O)c4c(O)c(c5oc6cc(C)cc(N7CCN(C(=O)c8cccc(-n9ccnc9)c8)CC7)c6nc5c4c3C2=O)NC(=O)/C(C)=C\C=C\[C@H](C)[C@H](O)[C@@H](C)[C@@H](O)[C@@H](C)[C@H](OC(C)=O)[C@@H]1C. The first-order valence-electron chi connectivity index (χ1n) is 25.7. The zero-order chi connectivity index (χ0) is 55.4. The number of ether oxygens (including phenoxy) is 4. The molecule has 0 saturated carbocycles. The molecule has 4 N–H and O–H groups in total. The normalized spacial score (nSPS) is 27.0. The van der Waals surface area contributed by atoms with Gasteiger partial charge in [-0.05, 0) is 62.7 Å². The van der Waals surface area contributed by atoms with Gasteiger partial charge in [0.15, 0.2) is 22.3 Å². The van der Waals surface area contributed by atoms with Gasteiger partial charge < -0.3 is 58.4 Å². The fraction of sp³-hybridized carbons (Fsp3) is 0.397. The van der Waals surface area contributed by atoms with Crippen molar-refractivity contribution in [3.8, 4) is 17.2 Å². The number of rotatable bonds is 5. The van der Waals surface area contributed by atoms with Crippen LogP contribution in [-0.2, 0) is 23.8 Å². The van der Waals surface area contributed by atoms with Crippen LogP contribution in [-0.4, -0.2) is 122 Å². The van der Waals surface area contributed by atoms with Gasteiger partial charge in [-0.2, -0.15) is 0 Å². The number of amides is 2. The van der Waals surface area contributed by atoms with Crippen LogP contribution in [0.25, 0.3) is 38.7 Å². The number of fused-ring (bicyclic) bond motifs is 2. The molecule has 0 spiro atoms. The van der Waals surface area contributed by atoms with Crippen molar-refractivity contribution in [3.63, 3.8) is 0 Å². The van der Waals surface area contributed by atoms with Crippen LogP contribution in [0.2, 0.25) is 0 Å². The summed E-state index contributed by atoms with van der Waals surface area (Å²) in [7, 11) is 1.44. The van der Waals surface area contributed by atoms with Gasteiger partial charge in [0, 0.05) is 111 Å². The third-order valence-corrected chi connectivity index (χ3v) is 15.4. The number of imidazole rings is 1. The molecule has 19 nitrogen and oxygen atoms in total. The van der Waals surface area contributed by atoms with Crippen LogP contribution in [0, 0.1) is 37.5 Å². The zero-order valence-corrected chi connectivity index (χ0v) is 44.7. The van der Waals surface area contributed by atoms with Gasteiger partial charge in [0.2, 0.25) is 0 Å². The second-order valence-corrected chi connectivity index (χ2v) is 20.7. The summed E-state index contributed by atoms with van der Waals surface area (Å²) in [6, 6.07) is 11.0. The number of phenolic OH excluding ortho intramolecular Hbond substituents is 1. The minimum absolute atomic E-state index is 0.0311. The number of hydrogen-bond donors (Lipinski definition) is 4. The van der Waals surface area contributed by atoms with Gasteiger partial charge in [0.05, 0.1) is 47.5 Å². The van der Waals surface area contributed by atoms with E-state index in [4.69, 9.17) is 28.3 Å². The maximum atomic E-state index is 15.1. The quantitative estimate of drug-likeness (QED) is 0.0567. The topological polar surface area (TPSA) is 245 Å². The number of nitrogens with one attached hydrogen (secondary N) is 1. The minimum atomic E-state index is -2.10. The fourth-order valence-corrected chi connectivity index (χ4v) is 10.8. The molecule has 2 amide bonds. The largest absolute Gasteiger partial charge is 0.505 e. The van der Waals surface area contributed by atoms with Crippen molar-refractivity contribution in [3.05, 3.63) is 124 Å². The number of carbonyl (C=O) groups excluding carboxylic acids is 4. The number of aliphatic hydroxyl groups is 2. The number of aryl methyl sites for hydroxylation is 1. The van der Waals surface area contributed by atoms with E-state index >= 15 is 4.79 Å². The molecule has 0 radical (unpaired) electrons.